The van der Waals surface area contributed by atoms with Gasteiger partial charge in [0.1, 0.15) is 0 Å². The third kappa shape index (κ3) is 5.20. The third-order valence-corrected chi connectivity index (χ3v) is 5.80. The van der Waals surface area contributed by atoms with Crippen molar-refractivity contribution in [3.05, 3.63) is 69.5 Å². The number of H-pyrrole nitrogens is 1. The fourth-order valence-corrected chi connectivity index (χ4v) is 3.98. The maximum Gasteiger partial charge on any atom is 0.253 e. The Hall–Kier alpha value is -3.10. The summed E-state index contributed by atoms with van der Waals surface area (Å²) < 4.78 is 16.0. The number of aromatic amines is 1. The molecule has 0 radical (unpaired) electrons. The molecule has 32 heavy (non-hydrogen) atoms. The van der Waals surface area contributed by atoms with Crippen molar-refractivity contribution < 1.29 is 14.2 Å². The van der Waals surface area contributed by atoms with Crippen LogP contribution in [0.2, 0.25) is 0 Å². The van der Waals surface area contributed by atoms with Crippen molar-refractivity contribution in [1.29, 1.82) is 0 Å². The fraction of sp³-hybridized carbons (Fsp3) is 0.333. The number of methoxy groups -OCH3 is 1. The molecule has 0 spiro atoms. The number of aromatic nitrogens is 1. The molecule has 7 nitrogen and oxygen atoms in total. The molecule has 0 aliphatic carbocycles. The van der Waals surface area contributed by atoms with Crippen molar-refractivity contribution in [3.63, 3.8) is 0 Å². The zero-order valence-corrected chi connectivity index (χ0v) is 19.1. The van der Waals surface area contributed by atoms with Crippen molar-refractivity contribution in [2.45, 2.75) is 19.9 Å². The molecule has 0 fully saturated rings. The van der Waals surface area contributed by atoms with E-state index in [1.807, 2.05) is 17.0 Å². The Labute approximate surface area is 192 Å². The van der Waals surface area contributed by atoms with E-state index in [0.29, 0.717) is 48.4 Å². The first kappa shape index (κ1) is 22.1. The number of nitrogens with zero attached hydrogens (tertiary/aromatic N) is 1. The summed E-state index contributed by atoms with van der Waals surface area (Å²) in [6, 6.07) is 14.0. The molecule has 1 aromatic heterocycles. The van der Waals surface area contributed by atoms with Crippen LogP contribution in [0.5, 0.6) is 11.5 Å². The molecular weight excluding hydrogens is 426 g/mol. The molecular formula is C24H27N3O4S. The normalized spacial score (nSPS) is 12.2. The van der Waals surface area contributed by atoms with Gasteiger partial charge in [-0.15, -0.1) is 0 Å². The predicted molar refractivity (Wildman–Crippen MR) is 128 cm³/mol. The molecule has 0 unspecified atom stereocenters. The van der Waals surface area contributed by atoms with Gasteiger partial charge in [0.2, 0.25) is 6.79 Å². The standard InChI is InChI=1S/C24H27N3O4S/c1-16-4-3-5-17(10-16)6-8-27(24(32)25-7-9-29-2)14-19-11-18-12-21-22(31-15-30-21)13-20(18)26-23(19)28/h3-5,10-13H,6-9,14-15H2,1-2H3,(H,25,32)(H,26,28). The van der Waals surface area contributed by atoms with E-state index < -0.39 is 0 Å². The molecule has 1 aliphatic heterocycles. The highest BCUT2D eigenvalue weighted by molar-refractivity contribution is 7.80. The number of benzene rings is 2. The molecule has 8 heteroatoms. The van der Waals surface area contributed by atoms with Crippen LogP contribution >= 0.6 is 12.2 Å². The lowest BCUT2D eigenvalue weighted by atomic mass is 10.1. The second-order valence-electron chi connectivity index (χ2n) is 7.80. The molecule has 2 heterocycles. The lowest BCUT2D eigenvalue weighted by Crippen LogP contribution is -2.42. The summed E-state index contributed by atoms with van der Waals surface area (Å²) in [7, 11) is 1.65. The van der Waals surface area contributed by atoms with Gasteiger partial charge in [-0.1, -0.05) is 29.8 Å². The van der Waals surface area contributed by atoms with E-state index in [1.165, 1.54) is 11.1 Å². The van der Waals surface area contributed by atoms with Crippen LogP contribution in [-0.4, -0.2) is 48.6 Å². The first-order chi connectivity index (χ1) is 15.5. The summed E-state index contributed by atoms with van der Waals surface area (Å²) in [4.78, 5) is 17.8. The topological polar surface area (TPSA) is 75.8 Å². The highest BCUT2D eigenvalue weighted by Gasteiger charge is 2.17. The molecule has 3 aromatic rings. The van der Waals surface area contributed by atoms with Crippen molar-refractivity contribution in [2.75, 3.05) is 33.6 Å². The fourth-order valence-electron chi connectivity index (χ4n) is 3.72. The average Bonchev–Trinajstić information content (AvgIpc) is 3.22. The van der Waals surface area contributed by atoms with Gasteiger partial charge in [0.15, 0.2) is 16.6 Å². The van der Waals surface area contributed by atoms with Gasteiger partial charge in [0.25, 0.3) is 5.56 Å². The maximum absolute atomic E-state index is 12.8. The number of thiocarbonyl (C=S) groups is 1. The summed E-state index contributed by atoms with van der Waals surface area (Å²) in [6.07, 6.45) is 0.817. The van der Waals surface area contributed by atoms with Gasteiger partial charge in [0.05, 0.1) is 18.7 Å². The molecule has 0 amide bonds. The van der Waals surface area contributed by atoms with Crippen LogP contribution in [-0.2, 0) is 17.7 Å². The summed E-state index contributed by atoms with van der Waals surface area (Å²) >= 11 is 5.64. The van der Waals surface area contributed by atoms with Crippen molar-refractivity contribution in [2.24, 2.45) is 0 Å². The zero-order chi connectivity index (χ0) is 22.5. The number of nitrogens with one attached hydrogen (secondary N) is 2. The van der Waals surface area contributed by atoms with Crippen LogP contribution in [0.4, 0.5) is 0 Å². The summed E-state index contributed by atoms with van der Waals surface area (Å²) in [5.74, 6) is 1.33. The zero-order valence-electron chi connectivity index (χ0n) is 18.3. The van der Waals surface area contributed by atoms with E-state index in [2.05, 4.69) is 41.5 Å². The minimum atomic E-state index is -0.142. The number of hydrogen-bond acceptors (Lipinski definition) is 5. The molecule has 0 bridgehead atoms. The largest absolute Gasteiger partial charge is 0.454 e. The molecule has 0 atom stereocenters. The first-order valence-electron chi connectivity index (χ1n) is 10.6. The lowest BCUT2D eigenvalue weighted by molar-refractivity contribution is 0.174. The quantitative estimate of drug-likeness (QED) is 0.401. The highest BCUT2D eigenvalue weighted by Crippen LogP contribution is 2.35. The van der Waals surface area contributed by atoms with Crippen LogP contribution in [0.3, 0.4) is 0 Å². The molecule has 2 aromatic carbocycles. The highest BCUT2D eigenvalue weighted by atomic mass is 32.1. The number of rotatable bonds is 8. The summed E-state index contributed by atoms with van der Waals surface area (Å²) in [5, 5.41) is 4.71. The van der Waals surface area contributed by atoms with E-state index in [4.69, 9.17) is 26.4 Å². The van der Waals surface area contributed by atoms with Gasteiger partial charge >= 0.3 is 0 Å². The number of pyridine rings is 1. The maximum atomic E-state index is 12.8. The molecule has 2 N–H and O–H groups in total. The third-order valence-electron chi connectivity index (χ3n) is 5.40. The van der Waals surface area contributed by atoms with E-state index in [9.17, 15) is 4.79 Å². The first-order valence-corrected chi connectivity index (χ1v) is 11.0. The SMILES string of the molecule is COCCNC(=S)N(CCc1cccc(C)c1)Cc1cc2cc3c(cc2[nH]c1=O)OCO3. The summed E-state index contributed by atoms with van der Waals surface area (Å²) in [6.45, 7) is 4.50. The number of hydrogen-bond donors (Lipinski definition) is 2. The Bertz CT molecular complexity index is 1180. The smallest absolute Gasteiger partial charge is 0.253 e. The van der Waals surface area contributed by atoms with E-state index in [-0.39, 0.29) is 12.4 Å². The Morgan fingerprint density at radius 1 is 1.22 bits per heavy atom. The average molecular weight is 454 g/mol. The van der Waals surface area contributed by atoms with Crippen LogP contribution in [0.25, 0.3) is 10.9 Å². The molecule has 0 saturated heterocycles. The Morgan fingerprint density at radius 2 is 2.03 bits per heavy atom. The number of fused-ring (bicyclic) bond motifs is 2. The number of ether oxygens (including phenoxy) is 3. The van der Waals surface area contributed by atoms with E-state index >= 15 is 0 Å². The van der Waals surface area contributed by atoms with Crippen molar-refractivity contribution >= 4 is 28.2 Å². The summed E-state index contributed by atoms with van der Waals surface area (Å²) in [5.41, 5.74) is 3.66. The van der Waals surface area contributed by atoms with Gasteiger partial charge in [0, 0.05) is 37.2 Å². The Balaban J connectivity index is 1.56. The number of aryl methyl sites for hydroxylation is 1. The van der Waals surface area contributed by atoms with Crippen molar-refractivity contribution in [1.82, 2.24) is 15.2 Å². The molecule has 4 rings (SSSR count). The van der Waals surface area contributed by atoms with Gasteiger partial charge < -0.3 is 29.4 Å². The van der Waals surface area contributed by atoms with Gasteiger partial charge in [-0.3, -0.25) is 4.79 Å². The second kappa shape index (κ2) is 10.0. The van der Waals surface area contributed by atoms with Crippen LogP contribution in [0.15, 0.2) is 47.3 Å². The van der Waals surface area contributed by atoms with Crippen LogP contribution in [0, 0.1) is 6.92 Å². The second-order valence-corrected chi connectivity index (χ2v) is 8.19. The monoisotopic (exact) mass is 453 g/mol. The molecule has 1 aliphatic rings. The minimum Gasteiger partial charge on any atom is -0.454 e. The van der Waals surface area contributed by atoms with Gasteiger partial charge in [-0.25, -0.2) is 0 Å². The van der Waals surface area contributed by atoms with E-state index in [0.717, 1.165) is 17.3 Å². The lowest BCUT2D eigenvalue weighted by Gasteiger charge is -2.26. The molecule has 168 valence electrons. The Kier molecular flexibility index (Phi) is 6.92. The minimum absolute atomic E-state index is 0.142. The Morgan fingerprint density at radius 3 is 2.81 bits per heavy atom. The molecule has 0 saturated carbocycles. The van der Waals surface area contributed by atoms with Crippen LogP contribution < -0.4 is 20.3 Å². The predicted octanol–water partition coefficient (Wildman–Crippen LogP) is 3.13. The van der Waals surface area contributed by atoms with Gasteiger partial charge in [-0.05, 0) is 43.3 Å². The van der Waals surface area contributed by atoms with Gasteiger partial charge in [-0.2, -0.15) is 0 Å². The van der Waals surface area contributed by atoms with Crippen molar-refractivity contribution in [3.8, 4) is 11.5 Å². The van der Waals surface area contributed by atoms with E-state index in [1.54, 1.807) is 13.2 Å². The van der Waals surface area contributed by atoms with Crippen LogP contribution in [0.1, 0.15) is 16.7 Å².